The van der Waals surface area contributed by atoms with Crippen LogP contribution < -0.4 is 4.90 Å². The van der Waals surface area contributed by atoms with Crippen LogP contribution in [0, 0.1) is 0 Å². The molecule has 0 fully saturated rings. The molecule has 1 heterocycles. The topological polar surface area (TPSA) is 74.7 Å². The Kier molecular flexibility index (Phi) is 4.75. The molecule has 0 saturated heterocycles. The summed E-state index contributed by atoms with van der Waals surface area (Å²) in [6.07, 6.45) is 0. The van der Waals surface area contributed by atoms with E-state index in [1.807, 2.05) is 6.07 Å². The molecule has 0 aromatic heterocycles. The van der Waals surface area contributed by atoms with Gasteiger partial charge in [-0.2, -0.15) is 0 Å². The van der Waals surface area contributed by atoms with E-state index in [4.69, 9.17) is 11.6 Å². The Morgan fingerprint density at radius 2 is 1.79 bits per heavy atom. The summed E-state index contributed by atoms with van der Waals surface area (Å²) in [5, 5.41) is 9.91. The quantitative estimate of drug-likeness (QED) is 0.694. The van der Waals surface area contributed by atoms with Crippen LogP contribution in [-0.4, -0.2) is 21.2 Å². The van der Waals surface area contributed by atoms with Crippen molar-refractivity contribution in [1.82, 2.24) is 0 Å². The van der Waals surface area contributed by atoms with Gasteiger partial charge in [0.15, 0.2) is 0 Å². The molecule has 0 saturated carbocycles. The summed E-state index contributed by atoms with van der Waals surface area (Å²) in [5.74, 6) is -1.46. The Bertz CT molecular complexity index is 1140. The number of fused-ring (bicyclic) bond motifs is 2. The predicted molar refractivity (Wildman–Crippen MR) is 106 cm³/mol. The number of nitrogens with zero attached hydrogens (tertiary/aromatic N) is 1. The van der Waals surface area contributed by atoms with Crippen molar-refractivity contribution in [3.63, 3.8) is 0 Å². The molecular formula is C21H14ClNO4S. The van der Waals surface area contributed by atoms with Crippen molar-refractivity contribution >= 4 is 40.0 Å². The molecule has 3 aromatic rings. The first-order valence-corrected chi connectivity index (χ1v) is 9.93. The number of benzene rings is 3. The van der Waals surface area contributed by atoms with E-state index < -0.39 is 16.8 Å². The van der Waals surface area contributed by atoms with E-state index in [0.717, 1.165) is 5.56 Å². The molecule has 1 N–H and O–H groups in total. The zero-order valence-electron chi connectivity index (χ0n) is 14.5. The van der Waals surface area contributed by atoms with Gasteiger partial charge in [0.2, 0.25) is 0 Å². The highest BCUT2D eigenvalue weighted by Gasteiger charge is 2.31. The van der Waals surface area contributed by atoms with Crippen LogP contribution in [0.2, 0.25) is 5.02 Å². The fourth-order valence-electron chi connectivity index (χ4n) is 3.17. The van der Waals surface area contributed by atoms with Gasteiger partial charge >= 0.3 is 5.97 Å². The Labute approximate surface area is 168 Å². The molecule has 140 valence electrons. The van der Waals surface area contributed by atoms with Crippen molar-refractivity contribution in [1.29, 1.82) is 0 Å². The Morgan fingerprint density at radius 1 is 1.00 bits per heavy atom. The van der Waals surface area contributed by atoms with Gasteiger partial charge in [0.05, 0.1) is 43.9 Å². The number of carbonyl (C=O) groups excluding carboxylic acids is 1. The van der Waals surface area contributed by atoms with Gasteiger partial charge in [0.25, 0.3) is 5.91 Å². The Morgan fingerprint density at radius 3 is 2.54 bits per heavy atom. The van der Waals surface area contributed by atoms with Crippen molar-refractivity contribution in [2.45, 2.75) is 16.3 Å². The van der Waals surface area contributed by atoms with Gasteiger partial charge in [-0.15, -0.1) is 0 Å². The van der Waals surface area contributed by atoms with E-state index in [0.29, 0.717) is 26.1 Å². The van der Waals surface area contributed by atoms with Crippen LogP contribution in [0.1, 0.15) is 26.3 Å². The maximum atomic E-state index is 13.3. The number of carbonyl (C=O) groups is 2. The van der Waals surface area contributed by atoms with Crippen molar-refractivity contribution in [3.05, 3.63) is 88.4 Å². The van der Waals surface area contributed by atoms with Crippen LogP contribution in [-0.2, 0) is 17.3 Å². The van der Waals surface area contributed by atoms with Gasteiger partial charge in [-0.05, 0) is 48.0 Å². The van der Waals surface area contributed by atoms with Gasteiger partial charge in [-0.25, -0.2) is 9.00 Å². The zero-order valence-corrected chi connectivity index (χ0v) is 16.0. The van der Waals surface area contributed by atoms with Gasteiger partial charge in [0.1, 0.15) is 0 Å². The van der Waals surface area contributed by atoms with Crippen molar-refractivity contribution < 1.29 is 18.9 Å². The largest absolute Gasteiger partial charge is 0.478 e. The first-order valence-electron chi connectivity index (χ1n) is 8.40. The van der Waals surface area contributed by atoms with E-state index in [-0.39, 0.29) is 18.0 Å². The lowest BCUT2D eigenvalue weighted by molar-refractivity contribution is 0.0696. The smallest absolute Gasteiger partial charge is 0.335 e. The fourth-order valence-corrected chi connectivity index (χ4v) is 4.73. The molecule has 28 heavy (non-hydrogen) atoms. The molecule has 1 atom stereocenters. The van der Waals surface area contributed by atoms with Gasteiger partial charge in [0, 0.05) is 5.02 Å². The first kappa shape index (κ1) is 18.4. The Hall–Kier alpha value is -2.96. The monoisotopic (exact) mass is 411 g/mol. The van der Waals surface area contributed by atoms with Crippen molar-refractivity contribution in [3.8, 4) is 0 Å². The van der Waals surface area contributed by atoms with Gasteiger partial charge in [-0.1, -0.05) is 35.9 Å². The van der Waals surface area contributed by atoms with E-state index in [1.54, 1.807) is 42.5 Å². The Balaban J connectivity index is 1.93. The fraction of sp³-hybridized carbons (Fsp3) is 0.0476. The molecule has 4 rings (SSSR count). The van der Waals surface area contributed by atoms with Crippen LogP contribution in [0.15, 0.2) is 76.5 Å². The first-order chi connectivity index (χ1) is 13.5. The molecule has 0 spiro atoms. The third-order valence-corrected chi connectivity index (χ3v) is 6.22. The van der Waals surface area contributed by atoms with Crippen molar-refractivity contribution in [2.75, 3.05) is 4.90 Å². The highest BCUT2D eigenvalue weighted by atomic mass is 35.5. The standard InChI is InChI=1S/C21H14ClNO4S/c22-15-5-3-4-13(10-15)12-23-17-11-14(21(25)26)8-9-19(17)28(27)18-7-2-1-6-16(18)20(23)24/h1-11H,12H2,(H,25,26)/t28-/m1/s1. The minimum Gasteiger partial charge on any atom is -0.478 e. The normalized spacial score (nSPS) is 15.5. The lowest BCUT2D eigenvalue weighted by atomic mass is 10.1. The number of carboxylic acids is 1. The third kappa shape index (κ3) is 3.21. The molecule has 1 aliphatic rings. The maximum Gasteiger partial charge on any atom is 0.335 e. The summed E-state index contributed by atoms with van der Waals surface area (Å²) in [6.45, 7) is 0.168. The number of hydrogen-bond donors (Lipinski definition) is 1. The van der Waals surface area contributed by atoms with Crippen LogP contribution in [0.4, 0.5) is 5.69 Å². The zero-order chi connectivity index (χ0) is 19.8. The summed E-state index contributed by atoms with van der Waals surface area (Å²) >= 11 is 6.07. The summed E-state index contributed by atoms with van der Waals surface area (Å²) in [4.78, 5) is 27.1. The third-order valence-electron chi connectivity index (χ3n) is 4.49. The second-order valence-corrected chi connectivity index (χ2v) is 8.13. The number of halogens is 1. The molecule has 7 heteroatoms. The molecule has 0 unspecified atom stereocenters. The molecule has 0 bridgehead atoms. The SMILES string of the molecule is O=C(O)c1ccc2c(c1)N(Cc1cccc(Cl)c1)C(=O)c1ccccc1[S@]2=O. The van der Waals surface area contributed by atoms with E-state index in [9.17, 15) is 18.9 Å². The summed E-state index contributed by atoms with van der Waals surface area (Å²) in [6, 6.07) is 18.1. The summed E-state index contributed by atoms with van der Waals surface area (Å²) < 4.78 is 13.2. The number of hydrogen-bond acceptors (Lipinski definition) is 3. The van der Waals surface area contributed by atoms with Gasteiger partial charge < -0.3 is 10.0 Å². The van der Waals surface area contributed by atoms with Crippen molar-refractivity contribution in [2.24, 2.45) is 0 Å². The molecular weight excluding hydrogens is 398 g/mol. The van der Waals surface area contributed by atoms with E-state index in [1.165, 1.54) is 23.1 Å². The number of carboxylic acid groups (broad SMARTS) is 1. The lowest BCUT2D eigenvalue weighted by Crippen LogP contribution is -2.30. The minimum absolute atomic E-state index is 0.0191. The highest BCUT2D eigenvalue weighted by molar-refractivity contribution is 7.85. The molecule has 1 aliphatic heterocycles. The van der Waals surface area contributed by atoms with Crippen LogP contribution in [0.5, 0.6) is 0 Å². The maximum absolute atomic E-state index is 13.3. The van der Waals surface area contributed by atoms with Crippen LogP contribution in [0.3, 0.4) is 0 Å². The van der Waals surface area contributed by atoms with E-state index >= 15 is 0 Å². The number of anilines is 1. The predicted octanol–water partition coefficient (Wildman–Crippen LogP) is 4.37. The van der Waals surface area contributed by atoms with Crippen LogP contribution >= 0.6 is 11.6 Å². The average molecular weight is 412 g/mol. The molecule has 0 radical (unpaired) electrons. The molecule has 1 amide bonds. The van der Waals surface area contributed by atoms with Gasteiger partial charge in [-0.3, -0.25) is 4.79 Å². The number of amides is 1. The molecule has 0 aliphatic carbocycles. The van der Waals surface area contributed by atoms with Crippen LogP contribution in [0.25, 0.3) is 0 Å². The number of rotatable bonds is 3. The minimum atomic E-state index is -1.61. The van der Waals surface area contributed by atoms with E-state index in [2.05, 4.69) is 0 Å². The second kappa shape index (κ2) is 7.22. The molecule has 5 nitrogen and oxygen atoms in total. The summed E-state index contributed by atoms with van der Waals surface area (Å²) in [5.41, 5.74) is 1.44. The second-order valence-electron chi connectivity index (χ2n) is 6.27. The summed E-state index contributed by atoms with van der Waals surface area (Å²) in [7, 11) is -1.61. The average Bonchev–Trinajstić information content (AvgIpc) is 2.78. The lowest BCUT2D eigenvalue weighted by Gasteiger charge is -2.23. The molecule has 3 aromatic carbocycles. The number of aromatic carboxylic acids is 1. The highest BCUT2D eigenvalue weighted by Crippen LogP contribution is 2.36.